The largest absolute Gasteiger partial charge is 0.493 e. The molecule has 0 fully saturated rings. The molecule has 0 unspecified atom stereocenters. The lowest BCUT2D eigenvalue weighted by molar-refractivity contribution is 0.354. The summed E-state index contributed by atoms with van der Waals surface area (Å²) in [6.07, 6.45) is 1.76. The molecule has 0 atom stereocenters. The third kappa shape index (κ3) is 2.83. The van der Waals surface area contributed by atoms with E-state index in [-0.39, 0.29) is 4.90 Å². The predicted octanol–water partition coefficient (Wildman–Crippen LogP) is 2.99. The van der Waals surface area contributed by atoms with E-state index in [2.05, 4.69) is 9.71 Å². The second-order valence-corrected chi connectivity index (χ2v) is 6.55. The van der Waals surface area contributed by atoms with Crippen molar-refractivity contribution >= 4 is 26.6 Å². The van der Waals surface area contributed by atoms with E-state index in [0.717, 1.165) is 10.9 Å². The van der Waals surface area contributed by atoms with Crippen LogP contribution in [-0.4, -0.2) is 27.6 Å². The molecule has 0 bridgehead atoms. The Morgan fingerprint density at radius 1 is 1.00 bits per heavy atom. The molecule has 0 spiro atoms. The minimum Gasteiger partial charge on any atom is -0.493 e. The third-order valence-electron chi connectivity index (χ3n) is 3.50. The fourth-order valence-electron chi connectivity index (χ4n) is 2.36. The molecule has 2 aromatic carbocycles. The first-order valence-corrected chi connectivity index (χ1v) is 8.34. The number of nitrogens with one attached hydrogen (secondary N) is 2. The van der Waals surface area contributed by atoms with Gasteiger partial charge in [-0.05, 0) is 30.3 Å². The van der Waals surface area contributed by atoms with Gasteiger partial charge in [-0.2, -0.15) is 0 Å². The molecular weight excluding hydrogens is 316 g/mol. The van der Waals surface area contributed by atoms with Crippen molar-refractivity contribution in [2.75, 3.05) is 18.9 Å². The molecule has 1 heterocycles. The first kappa shape index (κ1) is 15.2. The molecule has 3 rings (SSSR count). The standard InChI is InChI=1S/C16H16N2O4S/c1-21-15-7-6-11(10-16(15)22-2)23(19,20)18-14-5-3-4-13-12(14)8-9-17-13/h3-10,17-18H,1-2H3. The Bertz CT molecular complexity index is 948. The molecule has 0 aliphatic heterocycles. The van der Waals surface area contributed by atoms with Crippen LogP contribution in [0.3, 0.4) is 0 Å². The van der Waals surface area contributed by atoms with Crippen LogP contribution in [0.1, 0.15) is 0 Å². The average molecular weight is 332 g/mol. The number of aromatic nitrogens is 1. The van der Waals surface area contributed by atoms with Gasteiger partial charge in [0.25, 0.3) is 10.0 Å². The Kier molecular flexibility index (Phi) is 3.87. The zero-order valence-electron chi connectivity index (χ0n) is 12.7. The molecule has 3 aromatic rings. The van der Waals surface area contributed by atoms with E-state index in [1.54, 1.807) is 24.4 Å². The van der Waals surface area contributed by atoms with Crippen LogP contribution >= 0.6 is 0 Å². The second-order valence-electron chi connectivity index (χ2n) is 4.87. The van der Waals surface area contributed by atoms with Gasteiger partial charge >= 0.3 is 0 Å². The van der Waals surface area contributed by atoms with Crippen molar-refractivity contribution in [3.63, 3.8) is 0 Å². The Balaban J connectivity index is 2.00. The second kappa shape index (κ2) is 5.85. The van der Waals surface area contributed by atoms with Crippen molar-refractivity contribution in [1.29, 1.82) is 0 Å². The summed E-state index contributed by atoms with van der Waals surface area (Å²) in [7, 11) is -0.782. The number of benzene rings is 2. The van der Waals surface area contributed by atoms with E-state index in [1.165, 1.54) is 26.4 Å². The first-order valence-electron chi connectivity index (χ1n) is 6.86. The summed E-state index contributed by atoms with van der Waals surface area (Å²) in [6, 6.07) is 11.7. The molecular formula is C16H16N2O4S. The molecule has 0 aliphatic rings. The van der Waals surface area contributed by atoms with Crippen molar-refractivity contribution in [2.45, 2.75) is 4.90 Å². The number of rotatable bonds is 5. The van der Waals surface area contributed by atoms with Gasteiger partial charge < -0.3 is 14.5 Å². The number of hydrogen-bond acceptors (Lipinski definition) is 4. The normalized spacial score (nSPS) is 11.4. The van der Waals surface area contributed by atoms with Gasteiger partial charge in [0.1, 0.15) is 0 Å². The lowest BCUT2D eigenvalue weighted by atomic mass is 10.2. The quantitative estimate of drug-likeness (QED) is 0.753. The van der Waals surface area contributed by atoms with Gasteiger partial charge in [0.2, 0.25) is 0 Å². The zero-order chi connectivity index (χ0) is 16.4. The maximum atomic E-state index is 12.6. The van der Waals surface area contributed by atoms with Gasteiger partial charge in [0.15, 0.2) is 11.5 Å². The lowest BCUT2D eigenvalue weighted by Crippen LogP contribution is -2.13. The van der Waals surface area contributed by atoms with Crippen molar-refractivity contribution in [2.24, 2.45) is 0 Å². The Labute approximate surface area is 134 Å². The summed E-state index contributed by atoms with van der Waals surface area (Å²) in [5.41, 5.74) is 1.37. The lowest BCUT2D eigenvalue weighted by Gasteiger charge is -2.12. The van der Waals surface area contributed by atoms with Crippen LogP contribution in [0.15, 0.2) is 53.6 Å². The third-order valence-corrected chi connectivity index (χ3v) is 4.87. The summed E-state index contributed by atoms with van der Waals surface area (Å²) in [5.74, 6) is 0.828. The number of hydrogen-bond donors (Lipinski definition) is 2. The van der Waals surface area contributed by atoms with Crippen LogP contribution in [-0.2, 0) is 10.0 Å². The number of aromatic amines is 1. The number of methoxy groups -OCH3 is 2. The highest BCUT2D eigenvalue weighted by Crippen LogP contribution is 2.31. The van der Waals surface area contributed by atoms with Crippen molar-refractivity contribution < 1.29 is 17.9 Å². The molecule has 1 aromatic heterocycles. The number of anilines is 1. The van der Waals surface area contributed by atoms with E-state index < -0.39 is 10.0 Å². The number of ether oxygens (including phenoxy) is 2. The van der Waals surface area contributed by atoms with Crippen LogP contribution in [0.4, 0.5) is 5.69 Å². The Hall–Kier alpha value is -2.67. The zero-order valence-corrected chi connectivity index (χ0v) is 13.5. The number of H-pyrrole nitrogens is 1. The predicted molar refractivity (Wildman–Crippen MR) is 88.7 cm³/mol. The maximum absolute atomic E-state index is 12.6. The molecule has 23 heavy (non-hydrogen) atoms. The van der Waals surface area contributed by atoms with Crippen molar-refractivity contribution in [3.05, 3.63) is 48.7 Å². The molecule has 0 radical (unpaired) electrons. The molecule has 2 N–H and O–H groups in total. The first-order chi connectivity index (χ1) is 11.0. The molecule has 0 amide bonds. The summed E-state index contributed by atoms with van der Waals surface area (Å²) in [6.45, 7) is 0. The highest BCUT2D eigenvalue weighted by atomic mass is 32.2. The SMILES string of the molecule is COc1ccc(S(=O)(=O)Nc2cccc3[nH]ccc23)cc1OC. The summed E-state index contributed by atoms with van der Waals surface area (Å²) in [5, 5.41) is 0.802. The number of fused-ring (bicyclic) bond motifs is 1. The minimum absolute atomic E-state index is 0.0997. The number of sulfonamides is 1. The summed E-state index contributed by atoms with van der Waals surface area (Å²) < 4.78 is 38.1. The Morgan fingerprint density at radius 3 is 2.52 bits per heavy atom. The van der Waals surface area contributed by atoms with Crippen LogP contribution in [0.2, 0.25) is 0 Å². The van der Waals surface area contributed by atoms with Gasteiger partial charge in [0.05, 0.1) is 24.8 Å². The van der Waals surface area contributed by atoms with Gasteiger partial charge in [-0.25, -0.2) is 8.42 Å². The fraction of sp³-hybridized carbons (Fsp3) is 0.125. The Morgan fingerprint density at radius 2 is 1.78 bits per heavy atom. The van der Waals surface area contributed by atoms with Crippen LogP contribution < -0.4 is 14.2 Å². The van der Waals surface area contributed by atoms with E-state index in [1.807, 2.05) is 12.1 Å². The monoisotopic (exact) mass is 332 g/mol. The molecule has 6 nitrogen and oxygen atoms in total. The summed E-state index contributed by atoms with van der Waals surface area (Å²) >= 11 is 0. The highest BCUT2D eigenvalue weighted by Gasteiger charge is 2.18. The fourth-order valence-corrected chi connectivity index (χ4v) is 3.46. The van der Waals surface area contributed by atoms with E-state index in [4.69, 9.17) is 9.47 Å². The topological polar surface area (TPSA) is 80.4 Å². The van der Waals surface area contributed by atoms with Gasteiger partial charge in [0, 0.05) is 23.2 Å². The molecule has 0 aliphatic carbocycles. The molecule has 0 saturated heterocycles. The highest BCUT2D eigenvalue weighted by molar-refractivity contribution is 7.92. The van der Waals surface area contributed by atoms with E-state index in [0.29, 0.717) is 17.2 Å². The van der Waals surface area contributed by atoms with E-state index in [9.17, 15) is 8.42 Å². The minimum atomic E-state index is -3.74. The molecule has 120 valence electrons. The smallest absolute Gasteiger partial charge is 0.262 e. The van der Waals surface area contributed by atoms with Crippen LogP contribution in [0.5, 0.6) is 11.5 Å². The average Bonchev–Trinajstić information content (AvgIpc) is 3.03. The maximum Gasteiger partial charge on any atom is 0.262 e. The van der Waals surface area contributed by atoms with Crippen LogP contribution in [0, 0.1) is 0 Å². The van der Waals surface area contributed by atoms with Crippen molar-refractivity contribution in [3.8, 4) is 11.5 Å². The van der Waals surface area contributed by atoms with Crippen LogP contribution in [0.25, 0.3) is 10.9 Å². The summed E-state index contributed by atoms with van der Waals surface area (Å²) in [4.78, 5) is 3.15. The van der Waals surface area contributed by atoms with Gasteiger partial charge in [-0.15, -0.1) is 0 Å². The molecule has 7 heteroatoms. The van der Waals surface area contributed by atoms with Gasteiger partial charge in [-0.1, -0.05) is 6.07 Å². The molecule has 0 saturated carbocycles. The van der Waals surface area contributed by atoms with Crippen molar-refractivity contribution in [1.82, 2.24) is 4.98 Å². The van der Waals surface area contributed by atoms with E-state index >= 15 is 0 Å². The van der Waals surface area contributed by atoms with Gasteiger partial charge in [-0.3, -0.25) is 4.72 Å².